The lowest BCUT2D eigenvalue weighted by Crippen LogP contribution is -1.98. The Hall–Kier alpha value is -0.670. The monoisotopic (exact) mass is 238 g/mol. The van der Waals surface area contributed by atoms with E-state index in [0.29, 0.717) is 18.0 Å². The van der Waals surface area contributed by atoms with Crippen LogP contribution in [0.4, 0.5) is 0 Å². The molecule has 0 bridgehead atoms. The van der Waals surface area contributed by atoms with Crippen molar-refractivity contribution in [3.63, 3.8) is 0 Å². The van der Waals surface area contributed by atoms with Gasteiger partial charge in [0.2, 0.25) is 0 Å². The number of benzene rings is 1. The van der Waals surface area contributed by atoms with Crippen molar-refractivity contribution in [1.82, 2.24) is 0 Å². The maximum atomic E-state index is 5.69. The topological polar surface area (TPSA) is 18.5 Å². The Morgan fingerprint density at radius 3 is 3.06 bits per heavy atom. The Morgan fingerprint density at radius 1 is 1.50 bits per heavy atom. The summed E-state index contributed by atoms with van der Waals surface area (Å²) in [6.45, 7) is 5.84. The van der Waals surface area contributed by atoms with Gasteiger partial charge in [0, 0.05) is 4.90 Å². The van der Waals surface area contributed by atoms with Gasteiger partial charge in [-0.25, -0.2) is 0 Å². The molecule has 0 saturated carbocycles. The van der Waals surface area contributed by atoms with Gasteiger partial charge in [0.05, 0.1) is 13.2 Å². The van der Waals surface area contributed by atoms with Crippen LogP contribution in [0.1, 0.15) is 20.3 Å². The van der Waals surface area contributed by atoms with Gasteiger partial charge in [-0.05, 0) is 37.5 Å². The molecule has 0 N–H and O–H groups in total. The van der Waals surface area contributed by atoms with Crippen LogP contribution in [0.25, 0.3) is 0 Å². The standard InChI is InChI=1S/C13H18O2S/c1-3-14-11-5-4-6-12(8-11)16-13-7-10(2)9-15-13/h4-6,8,10,13H,3,7,9H2,1-2H3/t10-,13?/m1/s1. The second-order valence-corrected chi connectivity index (χ2v) is 5.36. The van der Waals surface area contributed by atoms with Gasteiger partial charge >= 0.3 is 0 Å². The van der Waals surface area contributed by atoms with Gasteiger partial charge < -0.3 is 9.47 Å². The Kier molecular flexibility index (Phi) is 4.13. The summed E-state index contributed by atoms with van der Waals surface area (Å²) in [5.41, 5.74) is 0.312. The van der Waals surface area contributed by atoms with Crippen LogP contribution >= 0.6 is 11.8 Å². The van der Waals surface area contributed by atoms with E-state index in [1.54, 1.807) is 11.8 Å². The largest absolute Gasteiger partial charge is 0.494 e. The number of ether oxygens (including phenoxy) is 2. The van der Waals surface area contributed by atoms with Crippen molar-refractivity contribution in [3.05, 3.63) is 24.3 Å². The molecule has 1 aromatic carbocycles. The molecule has 1 unspecified atom stereocenters. The summed E-state index contributed by atoms with van der Waals surface area (Å²) in [5, 5.41) is 0. The van der Waals surface area contributed by atoms with Gasteiger partial charge in [-0.1, -0.05) is 24.8 Å². The zero-order chi connectivity index (χ0) is 11.4. The third-order valence-electron chi connectivity index (χ3n) is 2.55. The fourth-order valence-electron chi connectivity index (χ4n) is 1.77. The summed E-state index contributed by atoms with van der Waals surface area (Å²) in [4.78, 5) is 1.23. The molecule has 0 spiro atoms. The van der Waals surface area contributed by atoms with Crippen molar-refractivity contribution in [1.29, 1.82) is 0 Å². The van der Waals surface area contributed by atoms with Gasteiger partial charge in [-0.3, -0.25) is 0 Å². The van der Waals surface area contributed by atoms with Crippen molar-refractivity contribution in [2.75, 3.05) is 13.2 Å². The molecule has 1 saturated heterocycles. The minimum absolute atomic E-state index is 0.312. The molecule has 2 nitrogen and oxygen atoms in total. The summed E-state index contributed by atoms with van der Waals surface area (Å²) in [6.07, 6.45) is 1.14. The molecule has 88 valence electrons. The number of rotatable bonds is 4. The first-order chi connectivity index (χ1) is 7.78. The van der Waals surface area contributed by atoms with E-state index in [9.17, 15) is 0 Å². The van der Waals surface area contributed by atoms with Crippen molar-refractivity contribution in [3.8, 4) is 5.75 Å². The average molecular weight is 238 g/mol. The highest BCUT2D eigenvalue weighted by atomic mass is 32.2. The summed E-state index contributed by atoms with van der Waals surface area (Å²) in [5.74, 6) is 1.63. The van der Waals surface area contributed by atoms with Gasteiger partial charge in [0.25, 0.3) is 0 Å². The average Bonchev–Trinajstić information content (AvgIpc) is 2.65. The molecule has 3 heteroatoms. The highest BCUT2D eigenvalue weighted by Crippen LogP contribution is 2.34. The Bertz CT molecular complexity index is 340. The highest BCUT2D eigenvalue weighted by Gasteiger charge is 2.22. The summed E-state index contributed by atoms with van der Waals surface area (Å²) < 4.78 is 11.2. The van der Waals surface area contributed by atoms with Crippen LogP contribution < -0.4 is 4.74 Å². The quantitative estimate of drug-likeness (QED) is 0.799. The molecular formula is C13H18O2S. The lowest BCUT2D eigenvalue weighted by Gasteiger charge is -2.10. The third-order valence-corrected chi connectivity index (χ3v) is 3.66. The van der Waals surface area contributed by atoms with Crippen molar-refractivity contribution in [2.45, 2.75) is 30.6 Å². The van der Waals surface area contributed by atoms with Crippen LogP contribution in [0, 0.1) is 5.92 Å². The van der Waals surface area contributed by atoms with Gasteiger partial charge in [-0.2, -0.15) is 0 Å². The zero-order valence-electron chi connectivity index (χ0n) is 9.81. The minimum atomic E-state index is 0.312. The molecule has 1 fully saturated rings. The lowest BCUT2D eigenvalue weighted by atomic mass is 10.2. The Morgan fingerprint density at radius 2 is 2.38 bits per heavy atom. The van der Waals surface area contributed by atoms with E-state index in [0.717, 1.165) is 18.8 Å². The predicted octanol–water partition coefficient (Wildman–Crippen LogP) is 3.56. The molecule has 1 aromatic rings. The first kappa shape index (κ1) is 11.8. The SMILES string of the molecule is CCOc1cccc(SC2C[C@@H](C)CO2)c1. The molecule has 0 aromatic heterocycles. The molecule has 1 aliphatic heterocycles. The maximum absolute atomic E-state index is 5.69. The van der Waals surface area contributed by atoms with Crippen LogP contribution in [0.2, 0.25) is 0 Å². The van der Waals surface area contributed by atoms with Crippen LogP contribution in [0.3, 0.4) is 0 Å². The third kappa shape index (κ3) is 3.16. The second kappa shape index (κ2) is 5.60. The first-order valence-corrected chi connectivity index (χ1v) is 6.67. The van der Waals surface area contributed by atoms with Crippen molar-refractivity contribution >= 4 is 11.8 Å². The van der Waals surface area contributed by atoms with Crippen LogP contribution in [-0.4, -0.2) is 18.6 Å². The minimum Gasteiger partial charge on any atom is -0.494 e. The smallest absolute Gasteiger partial charge is 0.120 e. The van der Waals surface area contributed by atoms with E-state index in [4.69, 9.17) is 9.47 Å². The van der Waals surface area contributed by atoms with E-state index in [-0.39, 0.29) is 0 Å². The molecule has 2 atom stereocenters. The van der Waals surface area contributed by atoms with E-state index in [1.165, 1.54) is 4.90 Å². The van der Waals surface area contributed by atoms with E-state index >= 15 is 0 Å². The molecule has 2 rings (SSSR count). The predicted molar refractivity (Wildman–Crippen MR) is 67.0 cm³/mol. The molecule has 1 aliphatic rings. The zero-order valence-corrected chi connectivity index (χ0v) is 10.6. The number of thioether (sulfide) groups is 1. The summed E-state index contributed by atoms with van der Waals surface area (Å²) in [6, 6.07) is 8.22. The van der Waals surface area contributed by atoms with Gasteiger partial charge in [0.1, 0.15) is 11.2 Å². The van der Waals surface area contributed by atoms with Gasteiger partial charge in [-0.15, -0.1) is 0 Å². The molecule has 0 amide bonds. The molecule has 0 aliphatic carbocycles. The first-order valence-electron chi connectivity index (χ1n) is 5.79. The maximum Gasteiger partial charge on any atom is 0.120 e. The van der Waals surface area contributed by atoms with E-state index in [2.05, 4.69) is 19.1 Å². The number of hydrogen-bond donors (Lipinski definition) is 0. The number of hydrogen-bond acceptors (Lipinski definition) is 3. The molecule has 1 heterocycles. The normalized spacial score (nSPS) is 24.6. The van der Waals surface area contributed by atoms with E-state index in [1.807, 2.05) is 19.1 Å². The lowest BCUT2D eigenvalue weighted by molar-refractivity contribution is 0.166. The Labute approximate surface area is 101 Å². The second-order valence-electron chi connectivity index (χ2n) is 4.13. The molecular weight excluding hydrogens is 220 g/mol. The van der Waals surface area contributed by atoms with Crippen LogP contribution in [0.5, 0.6) is 5.75 Å². The fraction of sp³-hybridized carbons (Fsp3) is 0.538. The van der Waals surface area contributed by atoms with Crippen LogP contribution in [-0.2, 0) is 4.74 Å². The fourth-order valence-corrected chi connectivity index (χ4v) is 2.99. The Balaban J connectivity index is 1.95. The molecule has 0 radical (unpaired) electrons. The van der Waals surface area contributed by atoms with Crippen molar-refractivity contribution < 1.29 is 9.47 Å². The summed E-state index contributed by atoms with van der Waals surface area (Å²) >= 11 is 1.79. The van der Waals surface area contributed by atoms with Crippen molar-refractivity contribution in [2.24, 2.45) is 5.92 Å². The van der Waals surface area contributed by atoms with Gasteiger partial charge in [0.15, 0.2) is 0 Å². The van der Waals surface area contributed by atoms with E-state index < -0.39 is 0 Å². The molecule has 16 heavy (non-hydrogen) atoms. The summed E-state index contributed by atoms with van der Waals surface area (Å²) in [7, 11) is 0. The van der Waals surface area contributed by atoms with Crippen LogP contribution in [0.15, 0.2) is 29.2 Å². The highest BCUT2D eigenvalue weighted by molar-refractivity contribution is 7.99.